The van der Waals surface area contributed by atoms with Gasteiger partial charge >= 0.3 is 0 Å². The minimum atomic E-state index is -0.415. The molecule has 1 aromatic carbocycles. The number of piperidine rings is 1. The van der Waals surface area contributed by atoms with Gasteiger partial charge in [0.05, 0.1) is 0 Å². The standard InChI is InChI=1S/C16H20ClN3O2.ClH/c17-12-2-1-3-13(10-12)20-9-6-14(16(20)22)19-15(21)11-4-7-18-8-5-11;/h1-3,10-11,14,18H,4-9H2,(H,19,21);1H. The number of anilines is 1. The second kappa shape index (κ2) is 7.99. The highest BCUT2D eigenvalue weighted by Crippen LogP contribution is 2.24. The van der Waals surface area contributed by atoms with Crippen LogP contribution in [0.1, 0.15) is 19.3 Å². The van der Waals surface area contributed by atoms with Gasteiger partial charge in [-0.25, -0.2) is 0 Å². The second-order valence-corrected chi connectivity index (χ2v) is 6.28. The molecule has 1 aromatic rings. The van der Waals surface area contributed by atoms with Crippen molar-refractivity contribution in [3.05, 3.63) is 29.3 Å². The van der Waals surface area contributed by atoms with Gasteiger partial charge in [0.2, 0.25) is 11.8 Å². The Morgan fingerprint density at radius 3 is 2.70 bits per heavy atom. The van der Waals surface area contributed by atoms with E-state index in [1.54, 1.807) is 17.0 Å². The molecule has 1 unspecified atom stereocenters. The number of carbonyl (C=O) groups is 2. The number of carbonyl (C=O) groups excluding carboxylic acids is 2. The Bertz CT molecular complexity index is 576. The van der Waals surface area contributed by atoms with Crippen molar-refractivity contribution in [1.82, 2.24) is 10.6 Å². The van der Waals surface area contributed by atoms with E-state index in [2.05, 4.69) is 10.6 Å². The number of rotatable bonds is 3. The van der Waals surface area contributed by atoms with Gasteiger partial charge in [0.1, 0.15) is 6.04 Å². The number of halogens is 2. The number of amides is 2. The minimum absolute atomic E-state index is 0. The Kier molecular flexibility index (Phi) is 6.27. The maximum Gasteiger partial charge on any atom is 0.249 e. The third-order valence-electron chi connectivity index (χ3n) is 4.35. The van der Waals surface area contributed by atoms with Crippen LogP contribution in [0.15, 0.2) is 24.3 Å². The topological polar surface area (TPSA) is 61.4 Å². The van der Waals surface area contributed by atoms with Crippen LogP contribution in [0.25, 0.3) is 0 Å². The van der Waals surface area contributed by atoms with E-state index in [1.165, 1.54) is 0 Å². The normalized spacial score (nSPS) is 21.9. The number of nitrogens with one attached hydrogen (secondary N) is 2. The molecule has 2 aliphatic rings. The molecule has 0 aromatic heterocycles. The van der Waals surface area contributed by atoms with E-state index in [4.69, 9.17) is 11.6 Å². The number of nitrogens with zero attached hydrogens (tertiary/aromatic N) is 1. The molecule has 2 saturated heterocycles. The molecule has 0 bridgehead atoms. The molecule has 2 amide bonds. The van der Waals surface area contributed by atoms with E-state index >= 15 is 0 Å². The summed E-state index contributed by atoms with van der Waals surface area (Å²) in [5, 5.41) is 6.76. The van der Waals surface area contributed by atoms with Crippen LogP contribution in [0.4, 0.5) is 5.69 Å². The largest absolute Gasteiger partial charge is 0.344 e. The molecule has 2 N–H and O–H groups in total. The molecule has 126 valence electrons. The molecule has 23 heavy (non-hydrogen) atoms. The highest BCUT2D eigenvalue weighted by Gasteiger charge is 2.35. The van der Waals surface area contributed by atoms with Crippen LogP contribution in [-0.4, -0.2) is 37.5 Å². The molecule has 2 heterocycles. The first-order valence-corrected chi connectivity index (χ1v) is 8.11. The predicted octanol–water partition coefficient (Wildman–Crippen LogP) is 1.98. The number of hydrogen-bond acceptors (Lipinski definition) is 3. The molecule has 0 saturated carbocycles. The van der Waals surface area contributed by atoms with Crippen LogP contribution in [0.5, 0.6) is 0 Å². The lowest BCUT2D eigenvalue weighted by Crippen LogP contribution is -2.46. The zero-order valence-corrected chi connectivity index (χ0v) is 14.3. The summed E-state index contributed by atoms with van der Waals surface area (Å²) in [7, 11) is 0. The van der Waals surface area contributed by atoms with Gasteiger partial charge in [-0.3, -0.25) is 9.59 Å². The highest BCUT2D eigenvalue weighted by molar-refractivity contribution is 6.31. The van der Waals surface area contributed by atoms with Crippen molar-refractivity contribution in [3.8, 4) is 0 Å². The highest BCUT2D eigenvalue weighted by atomic mass is 35.5. The van der Waals surface area contributed by atoms with E-state index in [0.29, 0.717) is 18.0 Å². The lowest BCUT2D eigenvalue weighted by Gasteiger charge is -2.23. The van der Waals surface area contributed by atoms with Crippen LogP contribution >= 0.6 is 24.0 Å². The van der Waals surface area contributed by atoms with Gasteiger partial charge in [-0.05, 0) is 50.6 Å². The zero-order chi connectivity index (χ0) is 15.5. The van der Waals surface area contributed by atoms with Crippen LogP contribution in [0.3, 0.4) is 0 Å². The lowest BCUT2D eigenvalue weighted by molar-refractivity contribution is -0.129. The lowest BCUT2D eigenvalue weighted by atomic mass is 9.97. The maximum absolute atomic E-state index is 12.5. The average molecular weight is 358 g/mol. The fraction of sp³-hybridized carbons (Fsp3) is 0.500. The molecule has 7 heteroatoms. The van der Waals surface area contributed by atoms with E-state index in [1.807, 2.05) is 12.1 Å². The van der Waals surface area contributed by atoms with Gasteiger partial charge in [-0.15, -0.1) is 12.4 Å². The van der Waals surface area contributed by atoms with E-state index in [-0.39, 0.29) is 30.1 Å². The zero-order valence-electron chi connectivity index (χ0n) is 12.8. The predicted molar refractivity (Wildman–Crippen MR) is 93.2 cm³/mol. The summed E-state index contributed by atoms with van der Waals surface area (Å²) >= 11 is 5.98. The maximum atomic E-state index is 12.5. The van der Waals surface area contributed by atoms with Gasteiger partial charge < -0.3 is 15.5 Å². The second-order valence-electron chi connectivity index (χ2n) is 5.84. The molecular weight excluding hydrogens is 337 g/mol. The van der Waals surface area contributed by atoms with Crippen molar-refractivity contribution in [2.75, 3.05) is 24.5 Å². The third-order valence-corrected chi connectivity index (χ3v) is 4.59. The molecular formula is C16H21Cl2N3O2. The van der Waals surface area contributed by atoms with E-state index < -0.39 is 6.04 Å². The smallest absolute Gasteiger partial charge is 0.249 e. The molecule has 2 fully saturated rings. The Labute approximate surface area is 147 Å². The quantitative estimate of drug-likeness (QED) is 0.869. The van der Waals surface area contributed by atoms with Crippen molar-refractivity contribution < 1.29 is 9.59 Å². The summed E-state index contributed by atoms with van der Waals surface area (Å²) in [5.74, 6) is -0.0217. The van der Waals surface area contributed by atoms with Crippen molar-refractivity contribution in [2.45, 2.75) is 25.3 Å². The number of benzene rings is 1. The minimum Gasteiger partial charge on any atom is -0.344 e. The Hall–Kier alpha value is -1.30. The molecule has 0 aliphatic carbocycles. The van der Waals surface area contributed by atoms with Crippen molar-refractivity contribution in [2.24, 2.45) is 5.92 Å². The van der Waals surface area contributed by atoms with Crippen molar-refractivity contribution >= 4 is 41.5 Å². The average Bonchev–Trinajstić information content (AvgIpc) is 2.89. The van der Waals surface area contributed by atoms with Gasteiger partial charge in [0, 0.05) is 23.2 Å². The van der Waals surface area contributed by atoms with Gasteiger partial charge in [0.25, 0.3) is 0 Å². The summed E-state index contributed by atoms with van der Waals surface area (Å²) in [6, 6.07) is 6.83. The summed E-state index contributed by atoms with van der Waals surface area (Å²) in [5.41, 5.74) is 0.788. The molecule has 5 nitrogen and oxygen atoms in total. The summed E-state index contributed by atoms with van der Waals surface area (Å²) in [6.45, 7) is 2.34. The Morgan fingerprint density at radius 2 is 2.00 bits per heavy atom. The fourth-order valence-electron chi connectivity index (χ4n) is 3.09. The van der Waals surface area contributed by atoms with Crippen LogP contribution < -0.4 is 15.5 Å². The first-order chi connectivity index (χ1) is 10.6. The van der Waals surface area contributed by atoms with Gasteiger partial charge in [0.15, 0.2) is 0 Å². The summed E-state index contributed by atoms with van der Waals surface area (Å²) < 4.78 is 0. The molecule has 0 spiro atoms. The summed E-state index contributed by atoms with van der Waals surface area (Å²) in [6.07, 6.45) is 2.32. The van der Waals surface area contributed by atoms with Crippen LogP contribution in [-0.2, 0) is 9.59 Å². The molecule has 0 radical (unpaired) electrons. The molecule has 1 atom stereocenters. The molecule has 3 rings (SSSR count). The van der Waals surface area contributed by atoms with Crippen molar-refractivity contribution in [1.29, 1.82) is 0 Å². The Balaban J connectivity index is 0.00000192. The van der Waals surface area contributed by atoms with Gasteiger partial charge in [-0.1, -0.05) is 17.7 Å². The monoisotopic (exact) mass is 357 g/mol. The van der Waals surface area contributed by atoms with Crippen LogP contribution in [0.2, 0.25) is 5.02 Å². The van der Waals surface area contributed by atoms with E-state index in [0.717, 1.165) is 31.6 Å². The van der Waals surface area contributed by atoms with Gasteiger partial charge in [-0.2, -0.15) is 0 Å². The van der Waals surface area contributed by atoms with Crippen LogP contribution in [0, 0.1) is 5.92 Å². The first-order valence-electron chi connectivity index (χ1n) is 7.73. The van der Waals surface area contributed by atoms with E-state index in [9.17, 15) is 9.59 Å². The first kappa shape index (κ1) is 18.0. The fourth-order valence-corrected chi connectivity index (χ4v) is 3.27. The number of hydrogen-bond donors (Lipinski definition) is 2. The third kappa shape index (κ3) is 4.16. The summed E-state index contributed by atoms with van der Waals surface area (Å²) in [4.78, 5) is 26.5. The molecule has 2 aliphatic heterocycles. The van der Waals surface area contributed by atoms with Crippen molar-refractivity contribution in [3.63, 3.8) is 0 Å². The Morgan fingerprint density at radius 1 is 1.26 bits per heavy atom. The SMILES string of the molecule is Cl.O=C(NC1CCN(c2cccc(Cl)c2)C1=O)C1CCNCC1.